The maximum atomic E-state index is 12.5. The van der Waals surface area contributed by atoms with Gasteiger partial charge in [-0.1, -0.05) is 19.3 Å². The van der Waals surface area contributed by atoms with Crippen LogP contribution in [0.5, 0.6) is 0 Å². The van der Waals surface area contributed by atoms with Crippen molar-refractivity contribution < 1.29 is 14.3 Å². The van der Waals surface area contributed by atoms with E-state index in [2.05, 4.69) is 4.90 Å². The highest BCUT2D eigenvalue weighted by Crippen LogP contribution is 2.22. The second-order valence-corrected chi connectivity index (χ2v) is 7.46. The molecule has 2 saturated heterocycles. The predicted octanol–water partition coefficient (Wildman–Crippen LogP) is 0.958. The zero-order chi connectivity index (χ0) is 16.9. The number of carbonyl (C=O) groups excluding carboxylic acids is 2. The Morgan fingerprint density at radius 3 is 2.38 bits per heavy atom. The lowest BCUT2D eigenvalue weighted by atomic mass is 9.94. The van der Waals surface area contributed by atoms with Gasteiger partial charge in [0.1, 0.15) is 0 Å². The number of hydrogen-bond donors (Lipinski definition) is 0. The van der Waals surface area contributed by atoms with Gasteiger partial charge in [-0.3, -0.25) is 14.5 Å². The fourth-order valence-corrected chi connectivity index (χ4v) is 4.09. The van der Waals surface area contributed by atoms with E-state index in [-0.39, 0.29) is 17.7 Å². The van der Waals surface area contributed by atoms with E-state index in [0.29, 0.717) is 25.8 Å². The van der Waals surface area contributed by atoms with Gasteiger partial charge in [0, 0.05) is 45.9 Å². The van der Waals surface area contributed by atoms with Crippen molar-refractivity contribution in [3.05, 3.63) is 0 Å². The van der Waals surface area contributed by atoms with Crippen molar-refractivity contribution >= 4 is 11.8 Å². The smallest absolute Gasteiger partial charge is 0.236 e. The number of amides is 2. The average molecular weight is 337 g/mol. The van der Waals surface area contributed by atoms with Gasteiger partial charge in [0.25, 0.3) is 0 Å². The summed E-state index contributed by atoms with van der Waals surface area (Å²) in [6, 6.07) is 0.427. The molecule has 24 heavy (non-hydrogen) atoms. The molecule has 0 aromatic carbocycles. The minimum Gasteiger partial charge on any atom is -0.381 e. The molecule has 1 unspecified atom stereocenters. The minimum atomic E-state index is 0.0515. The molecule has 2 heterocycles. The largest absolute Gasteiger partial charge is 0.381 e. The number of piperazine rings is 1. The minimum absolute atomic E-state index is 0.0515. The standard InChI is InChI=1S/C18H31N3O3/c1-19(16-5-3-2-4-6-16)17(22)13-20-8-10-21(11-9-20)18(23)15-7-12-24-14-15/h15-16H,2-14H2,1H3. The molecule has 6 heteroatoms. The fourth-order valence-electron chi connectivity index (χ4n) is 4.09. The molecule has 2 aliphatic heterocycles. The molecule has 1 aliphatic carbocycles. The van der Waals surface area contributed by atoms with Gasteiger partial charge in [-0.05, 0) is 19.3 Å². The Hall–Kier alpha value is -1.14. The molecule has 3 fully saturated rings. The SMILES string of the molecule is CN(C(=O)CN1CCN(C(=O)C2CCOC2)CC1)C1CCCCC1. The molecule has 0 radical (unpaired) electrons. The van der Waals surface area contributed by atoms with Crippen LogP contribution in [-0.2, 0) is 14.3 Å². The molecule has 3 aliphatic rings. The Bertz CT molecular complexity index is 437. The highest BCUT2D eigenvalue weighted by molar-refractivity contribution is 5.80. The number of ether oxygens (including phenoxy) is 1. The van der Waals surface area contributed by atoms with E-state index in [0.717, 1.165) is 45.4 Å². The first-order chi connectivity index (χ1) is 11.6. The summed E-state index contributed by atoms with van der Waals surface area (Å²) >= 11 is 0. The second kappa shape index (κ2) is 8.30. The maximum Gasteiger partial charge on any atom is 0.236 e. The first-order valence-corrected chi connectivity index (χ1v) is 9.49. The van der Waals surface area contributed by atoms with Crippen LogP contribution in [0.25, 0.3) is 0 Å². The van der Waals surface area contributed by atoms with Crippen molar-refractivity contribution in [3.63, 3.8) is 0 Å². The van der Waals surface area contributed by atoms with Crippen LogP contribution < -0.4 is 0 Å². The van der Waals surface area contributed by atoms with Gasteiger partial charge < -0.3 is 14.5 Å². The summed E-state index contributed by atoms with van der Waals surface area (Å²) in [7, 11) is 1.96. The highest BCUT2D eigenvalue weighted by Gasteiger charge is 2.31. The Balaban J connectivity index is 1.41. The lowest BCUT2D eigenvalue weighted by Crippen LogP contribution is -2.53. The van der Waals surface area contributed by atoms with Gasteiger partial charge >= 0.3 is 0 Å². The first-order valence-electron chi connectivity index (χ1n) is 9.49. The van der Waals surface area contributed by atoms with E-state index in [4.69, 9.17) is 4.74 Å². The van der Waals surface area contributed by atoms with Crippen LogP contribution in [0.4, 0.5) is 0 Å². The normalized spacial score (nSPS) is 26.5. The third-order valence-electron chi connectivity index (χ3n) is 5.84. The molecular weight excluding hydrogens is 306 g/mol. The molecule has 0 N–H and O–H groups in total. The quantitative estimate of drug-likeness (QED) is 0.767. The van der Waals surface area contributed by atoms with Crippen molar-refractivity contribution in [1.29, 1.82) is 0 Å². The summed E-state index contributed by atoms with van der Waals surface area (Å²) in [6.45, 7) is 4.82. The number of carbonyl (C=O) groups is 2. The molecule has 1 atom stereocenters. The van der Waals surface area contributed by atoms with Crippen molar-refractivity contribution in [2.24, 2.45) is 5.92 Å². The highest BCUT2D eigenvalue weighted by atomic mass is 16.5. The zero-order valence-electron chi connectivity index (χ0n) is 14.9. The molecule has 136 valence electrons. The van der Waals surface area contributed by atoms with E-state index in [1.54, 1.807) is 0 Å². The molecule has 1 saturated carbocycles. The van der Waals surface area contributed by atoms with Gasteiger partial charge in [0.05, 0.1) is 19.1 Å². The maximum absolute atomic E-state index is 12.5. The molecule has 3 rings (SSSR count). The molecule has 0 bridgehead atoms. The third kappa shape index (κ3) is 4.28. The summed E-state index contributed by atoms with van der Waals surface area (Å²) in [6.07, 6.45) is 6.94. The fraction of sp³-hybridized carbons (Fsp3) is 0.889. The number of hydrogen-bond acceptors (Lipinski definition) is 4. The van der Waals surface area contributed by atoms with E-state index in [1.165, 1.54) is 19.3 Å². The van der Waals surface area contributed by atoms with Crippen molar-refractivity contribution in [2.45, 2.75) is 44.6 Å². The Morgan fingerprint density at radius 1 is 1.04 bits per heavy atom. The van der Waals surface area contributed by atoms with Crippen LogP contribution in [0.1, 0.15) is 38.5 Å². The topological polar surface area (TPSA) is 53.1 Å². The molecule has 0 aromatic rings. The lowest BCUT2D eigenvalue weighted by molar-refractivity contribution is -0.138. The van der Waals surface area contributed by atoms with Crippen LogP contribution >= 0.6 is 0 Å². The van der Waals surface area contributed by atoms with Gasteiger partial charge in [0.2, 0.25) is 11.8 Å². The molecule has 2 amide bonds. The Kier molecular flexibility index (Phi) is 6.11. The van der Waals surface area contributed by atoms with Crippen LogP contribution in [0.3, 0.4) is 0 Å². The molecule has 0 aromatic heterocycles. The van der Waals surface area contributed by atoms with Crippen molar-refractivity contribution in [3.8, 4) is 0 Å². The van der Waals surface area contributed by atoms with E-state index in [1.807, 2.05) is 16.8 Å². The molecule has 6 nitrogen and oxygen atoms in total. The van der Waals surface area contributed by atoms with E-state index >= 15 is 0 Å². The Labute approximate surface area is 145 Å². The van der Waals surface area contributed by atoms with Gasteiger partial charge in [-0.15, -0.1) is 0 Å². The number of rotatable bonds is 4. The van der Waals surface area contributed by atoms with Crippen LogP contribution in [0.15, 0.2) is 0 Å². The lowest BCUT2D eigenvalue weighted by Gasteiger charge is -2.37. The summed E-state index contributed by atoms with van der Waals surface area (Å²) in [5.74, 6) is 0.513. The van der Waals surface area contributed by atoms with Gasteiger partial charge in [-0.25, -0.2) is 0 Å². The molecular formula is C18H31N3O3. The first kappa shape index (κ1) is 17.7. The summed E-state index contributed by atoms with van der Waals surface area (Å²) in [5.41, 5.74) is 0. The summed E-state index contributed by atoms with van der Waals surface area (Å²) < 4.78 is 5.32. The third-order valence-corrected chi connectivity index (χ3v) is 5.84. The monoisotopic (exact) mass is 337 g/mol. The predicted molar refractivity (Wildman–Crippen MR) is 91.6 cm³/mol. The zero-order valence-corrected chi connectivity index (χ0v) is 14.9. The van der Waals surface area contributed by atoms with E-state index in [9.17, 15) is 9.59 Å². The second-order valence-electron chi connectivity index (χ2n) is 7.46. The molecule has 0 spiro atoms. The van der Waals surface area contributed by atoms with Crippen molar-refractivity contribution in [1.82, 2.24) is 14.7 Å². The summed E-state index contributed by atoms with van der Waals surface area (Å²) in [5, 5.41) is 0. The average Bonchev–Trinajstić information content (AvgIpc) is 3.16. The van der Waals surface area contributed by atoms with Crippen molar-refractivity contribution in [2.75, 3.05) is 53.0 Å². The van der Waals surface area contributed by atoms with Gasteiger partial charge in [0.15, 0.2) is 0 Å². The Morgan fingerprint density at radius 2 is 1.75 bits per heavy atom. The number of likely N-dealkylation sites (N-methyl/N-ethyl adjacent to an activating group) is 1. The number of nitrogens with zero attached hydrogens (tertiary/aromatic N) is 3. The summed E-state index contributed by atoms with van der Waals surface area (Å²) in [4.78, 5) is 31.0. The van der Waals surface area contributed by atoms with Crippen LogP contribution in [0, 0.1) is 5.92 Å². The van der Waals surface area contributed by atoms with Gasteiger partial charge in [-0.2, -0.15) is 0 Å². The van der Waals surface area contributed by atoms with Crippen LogP contribution in [0.2, 0.25) is 0 Å². The van der Waals surface area contributed by atoms with Crippen LogP contribution in [-0.4, -0.2) is 85.5 Å². The van der Waals surface area contributed by atoms with E-state index < -0.39 is 0 Å².